The average Bonchev–Trinajstić information content (AvgIpc) is 2.79. The fourth-order valence-corrected chi connectivity index (χ4v) is 1.75. The molecule has 0 aliphatic heterocycles. The number of nitrogens with zero attached hydrogens (tertiary/aromatic N) is 3. The summed E-state index contributed by atoms with van der Waals surface area (Å²) >= 11 is 0. The molecule has 1 aliphatic rings. The smallest absolute Gasteiger partial charge is 0.120 e. The predicted molar refractivity (Wildman–Crippen MR) is 51.0 cm³/mol. The molecule has 3 nitrogen and oxygen atoms in total. The van der Waals surface area contributed by atoms with Crippen molar-refractivity contribution in [3.63, 3.8) is 0 Å². The van der Waals surface area contributed by atoms with Gasteiger partial charge in [-0.15, -0.1) is 0 Å². The van der Waals surface area contributed by atoms with Crippen LogP contribution in [0.1, 0.15) is 25.0 Å². The monoisotopic (exact) mass is 185 g/mol. The van der Waals surface area contributed by atoms with E-state index in [1.54, 1.807) is 0 Å². The topological polar surface area (TPSA) is 52.5 Å². The van der Waals surface area contributed by atoms with E-state index in [0.29, 0.717) is 12.1 Å². The molecular weight excluding hydrogens is 174 g/mol. The average molecular weight is 185 g/mol. The molecule has 0 unspecified atom stereocenters. The van der Waals surface area contributed by atoms with Gasteiger partial charge in [0.15, 0.2) is 0 Å². The highest BCUT2D eigenvalue weighted by Gasteiger charge is 2.42. The van der Waals surface area contributed by atoms with E-state index in [9.17, 15) is 0 Å². The van der Waals surface area contributed by atoms with Crippen LogP contribution in [0.4, 0.5) is 0 Å². The van der Waals surface area contributed by atoms with Gasteiger partial charge in [-0.25, -0.2) is 0 Å². The van der Waals surface area contributed by atoms with Crippen LogP contribution in [0.2, 0.25) is 0 Å². The van der Waals surface area contributed by atoms with Crippen molar-refractivity contribution in [2.45, 2.75) is 25.8 Å². The lowest BCUT2D eigenvalue weighted by atomic mass is 10.0. The number of nitriles is 2. The van der Waals surface area contributed by atoms with Crippen LogP contribution in [0.25, 0.3) is 0 Å². The summed E-state index contributed by atoms with van der Waals surface area (Å²) in [6.45, 7) is 0.816. The van der Waals surface area contributed by atoms with Crippen molar-refractivity contribution in [1.29, 1.82) is 10.5 Å². The minimum atomic E-state index is 0.166. The Hall–Kier alpha value is -1.74. The quantitative estimate of drug-likeness (QED) is 0.723. The summed E-state index contributed by atoms with van der Waals surface area (Å²) in [5.74, 6) is 0. The van der Waals surface area contributed by atoms with E-state index in [-0.39, 0.29) is 5.41 Å². The molecular formula is C11H11N3. The second kappa shape index (κ2) is 3.20. The SMILES string of the molecule is N#CCC1(Cn2cccc2C#N)CC1. The van der Waals surface area contributed by atoms with Crippen LogP contribution in [0.15, 0.2) is 18.3 Å². The number of aromatic nitrogens is 1. The Morgan fingerprint density at radius 2 is 2.21 bits per heavy atom. The molecule has 14 heavy (non-hydrogen) atoms. The van der Waals surface area contributed by atoms with E-state index in [0.717, 1.165) is 19.4 Å². The first kappa shape index (κ1) is 8.84. The van der Waals surface area contributed by atoms with Crippen LogP contribution < -0.4 is 0 Å². The van der Waals surface area contributed by atoms with Crippen molar-refractivity contribution in [2.24, 2.45) is 5.41 Å². The second-order valence-corrected chi connectivity index (χ2v) is 3.97. The van der Waals surface area contributed by atoms with Crippen molar-refractivity contribution in [3.8, 4) is 12.1 Å². The first-order chi connectivity index (χ1) is 6.79. The Kier molecular flexibility index (Phi) is 2.02. The summed E-state index contributed by atoms with van der Waals surface area (Å²) in [5, 5.41) is 17.5. The Labute approximate surface area is 83.2 Å². The third kappa shape index (κ3) is 1.49. The highest BCUT2D eigenvalue weighted by molar-refractivity contribution is 5.22. The zero-order chi connectivity index (χ0) is 10.0. The molecule has 0 amide bonds. The van der Waals surface area contributed by atoms with Crippen LogP contribution in [0, 0.1) is 28.1 Å². The first-order valence-corrected chi connectivity index (χ1v) is 4.72. The highest BCUT2D eigenvalue weighted by atomic mass is 15.0. The molecule has 1 aliphatic carbocycles. The van der Waals surface area contributed by atoms with Crippen LogP contribution >= 0.6 is 0 Å². The maximum atomic E-state index is 8.82. The van der Waals surface area contributed by atoms with Crippen molar-refractivity contribution in [1.82, 2.24) is 4.57 Å². The van der Waals surface area contributed by atoms with Gasteiger partial charge in [0.05, 0.1) is 6.07 Å². The van der Waals surface area contributed by atoms with Gasteiger partial charge in [0.1, 0.15) is 11.8 Å². The van der Waals surface area contributed by atoms with Gasteiger partial charge >= 0.3 is 0 Å². The lowest BCUT2D eigenvalue weighted by Crippen LogP contribution is -2.11. The molecule has 1 saturated carbocycles. The Balaban J connectivity index is 2.12. The van der Waals surface area contributed by atoms with E-state index < -0.39 is 0 Å². The summed E-state index contributed by atoms with van der Waals surface area (Å²) in [4.78, 5) is 0. The third-order valence-electron chi connectivity index (χ3n) is 2.86. The van der Waals surface area contributed by atoms with Gasteiger partial charge in [0.2, 0.25) is 0 Å². The van der Waals surface area contributed by atoms with E-state index in [4.69, 9.17) is 10.5 Å². The molecule has 0 aromatic carbocycles. The number of hydrogen-bond donors (Lipinski definition) is 0. The predicted octanol–water partition coefficient (Wildman–Crippen LogP) is 2.05. The fraction of sp³-hybridized carbons (Fsp3) is 0.455. The molecule has 0 bridgehead atoms. The maximum absolute atomic E-state index is 8.82. The zero-order valence-electron chi connectivity index (χ0n) is 7.90. The minimum Gasteiger partial charge on any atom is -0.339 e. The number of rotatable bonds is 3. The van der Waals surface area contributed by atoms with Gasteiger partial charge in [0, 0.05) is 24.6 Å². The lowest BCUT2D eigenvalue weighted by molar-refractivity contribution is 0.430. The van der Waals surface area contributed by atoms with E-state index in [1.165, 1.54) is 0 Å². The molecule has 1 aromatic heterocycles. The third-order valence-corrected chi connectivity index (χ3v) is 2.86. The molecule has 2 rings (SSSR count). The fourth-order valence-electron chi connectivity index (χ4n) is 1.75. The first-order valence-electron chi connectivity index (χ1n) is 4.72. The number of hydrogen-bond acceptors (Lipinski definition) is 2. The molecule has 70 valence electrons. The van der Waals surface area contributed by atoms with Crippen molar-refractivity contribution in [3.05, 3.63) is 24.0 Å². The van der Waals surface area contributed by atoms with Gasteiger partial charge in [0.25, 0.3) is 0 Å². The lowest BCUT2D eigenvalue weighted by Gasteiger charge is -2.12. The minimum absolute atomic E-state index is 0.166. The Morgan fingerprint density at radius 1 is 1.43 bits per heavy atom. The standard InChI is InChI=1S/C11H11N3/c12-6-5-11(3-4-11)9-14-7-1-2-10(14)8-13/h1-2,7H,3-5,9H2. The van der Waals surface area contributed by atoms with Crippen LogP contribution in [-0.2, 0) is 6.54 Å². The van der Waals surface area contributed by atoms with Crippen molar-refractivity contribution < 1.29 is 0 Å². The molecule has 0 radical (unpaired) electrons. The maximum Gasteiger partial charge on any atom is 0.120 e. The Morgan fingerprint density at radius 3 is 2.79 bits per heavy atom. The van der Waals surface area contributed by atoms with Crippen LogP contribution in [0.3, 0.4) is 0 Å². The molecule has 0 N–H and O–H groups in total. The summed E-state index contributed by atoms with van der Waals surface area (Å²) in [6, 6.07) is 8.06. The molecule has 3 heteroatoms. The summed E-state index contributed by atoms with van der Waals surface area (Å²) in [7, 11) is 0. The van der Waals surface area contributed by atoms with Crippen molar-refractivity contribution >= 4 is 0 Å². The largest absolute Gasteiger partial charge is 0.339 e. The summed E-state index contributed by atoms with van der Waals surface area (Å²) in [6.07, 6.45) is 4.75. The van der Waals surface area contributed by atoms with Gasteiger partial charge in [-0.3, -0.25) is 0 Å². The van der Waals surface area contributed by atoms with Gasteiger partial charge in [-0.05, 0) is 25.0 Å². The Bertz CT molecular complexity index is 412. The normalized spacial score (nSPS) is 17.0. The molecule has 0 atom stereocenters. The van der Waals surface area contributed by atoms with E-state index in [1.807, 2.05) is 22.9 Å². The second-order valence-electron chi connectivity index (χ2n) is 3.97. The summed E-state index contributed by atoms with van der Waals surface area (Å²) < 4.78 is 1.95. The van der Waals surface area contributed by atoms with Gasteiger partial charge < -0.3 is 4.57 Å². The molecule has 0 saturated heterocycles. The zero-order valence-corrected chi connectivity index (χ0v) is 7.90. The summed E-state index contributed by atoms with van der Waals surface area (Å²) in [5.41, 5.74) is 0.855. The highest BCUT2D eigenvalue weighted by Crippen LogP contribution is 2.50. The van der Waals surface area contributed by atoms with Crippen LogP contribution in [-0.4, -0.2) is 4.57 Å². The molecule has 1 aromatic rings. The molecule has 0 spiro atoms. The van der Waals surface area contributed by atoms with Crippen molar-refractivity contribution in [2.75, 3.05) is 0 Å². The molecule has 1 fully saturated rings. The van der Waals surface area contributed by atoms with Gasteiger partial charge in [-0.2, -0.15) is 10.5 Å². The van der Waals surface area contributed by atoms with E-state index in [2.05, 4.69) is 12.1 Å². The molecule has 1 heterocycles. The van der Waals surface area contributed by atoms with Gasteiger partial charge in [-0.1, -0.05) is 0 Å². The van der Waals surface area contributed by atoms with E-state index >= 15 is 0 Å². The van der Waals surface area contributed by atoms with Crippen LogP contribution in [0.5, 0.6) is 0 Å².